The smallest absolute Gasteiger partial charge is 0.00719 e. The lowest BCUT2D eigenvalue weighted by Crippen LogP contribution is -2.28. The molecule has 2 heteroatoms. The van der Waals surface area contributed by atoms with Crippen LogP contribution in [0.4, 0.5) is 0 Å². The van der Waals surface area contributed by atoms with Crippen LogP contribution in [-0.2, 0) is 0 Å². The van der Waals surface area contributed by atoms with E-state index in [1.807, 2.05) is 11.8 Å². The van der Waals surface area contributed by atoms with Crippen LogP contribution in [0.1, 0.15) is 46.0 Å². The van der Waals surface area contributed by atoms with E-state index in [4.69, 9.17) is 0 Å². The molecule has 102 valence electrons. The van der Waals surface area contributed by atoms with Crippen molar-refractivity contribution in [2.24, 2.45) is 0 Å². The largest absolute Gasteiger partial charge is 0.314 e. The van der Waals surface area contributed by atoms with Crippen LogP contribution < -0.4 is 5.32 Å². The van der Waals surface area contributed by atoms with Crippen LogP contribution in [0.25, 0.3) is 0 Å². The number of benzene rings is 1. The summed E-state index contributed by atoms with van der Waals surface area (Å²) in [7, 11) is 0. The van der Waals surface area contributed by atoms with E-state index in [-0.39, 0.29) is 0 Å². The second-order valence-corrected chi connectivity index (χ2v) is 5.88. The molecule has 1 aromatic carbocycles. The van der Waals surface area contributed by atoms with Gasteiger partial charge in [-0.15, -0.1) is 11.8 Å². The minimum atomic E-state index is 0.728. The van der Waals surface area contributed by atoms with Crippen LogP contribution in [0.5, 0.6) is 0 Å². The van der Waals surface area contributed by atoms with Crippen LogP contribution in [0.2, 0.25) is 0 Å². The standard InChI is InChI=1S/C16H27NS/c1-3-13-17-15(4-2)10-8-9-14-18-16-11-6-5-7-12-16/h5-7,11-12,15,17H,3-4,8-10,13-14H2,1-2H3. The molecule has 1 atom stereocenters. The van der Waals surface area contributed by atoms with Crippen molar-refractivity contribution in [2.75, 3.05) is 12.3 Å². The third kappa shape index (κ3) is 7.07. The summed E-state index contributed by atoms with van der Waals surface area (Å²) < 4.78 is 0. The van der Waals surface area contributed by atoms with E-state index >= 15 is 0 Å². The molecule has 18 heavy (non-hydrogen) atoms. The molecule has 1 nitrogen and oxygen atoms in total. The van der Waals surface area contributed by atoms with Crippen molar-refractivity contribution < 1.29 is 0 Å². The maximum absolute atomic E-state index is 3.62. The molecule has 1 unspecified atom stereocenters. The lowest BCUT2D eigenvalue weighted by Gasteiger charge is -2.16. The maximum Gasteiger partial charge on any atom is 0.00719 e. The molecule has 1 aromatic rings. The first-order valence-corrected chi connectivity index (χ1v) is 8.26. The minimum Gasteiger partial charge on any atom is -0.314 e. The third-order valence-electron chi connectivity index (χ3n) is 3.13. The van der Waals surface area contributed by atoms with Gasteiger partial charge in [-0.05, 0) is 50.1 Å². The summed E-state index contributed by atoms with van der Waals surface area (Å²) in [6.45, 7) is 5.68. The molecule has 0 aliphatic rings. The van der Waals surface area contributed by atoms with Gasteiger partial charge in [0.2, 0.25) is 0 Å². The van der Waals surface area contributed by atoms with Gasteiger partial charge in [-0.25, -0.2) is 0 Å². The SMILES string of the molecule is CCCNC(CC)CCCCSc1ccccc1. The number of hydrogen-bond donors (Lipinski definition) is 1. The number of hydrogen-bond acceptors (Lipinski definition) is 2. The van der Waals surface area contributed by atoms with Crippen LogP contribution >= 0.6 is 11.8 Å². The average Bonchev–Trinajstić information content (AvgIpc) is 2.43. The van der Waals surface area contributed by atoms with E-state index in [1.165, 1.54) is 42.8 Å². The molecular formula is C16H27NS. The first kappa shape index (κ1) is 15.6. The summed E-state index contributed by atoms with van der Waals surface area (Å²) >= 11 is 1.98. The molecule has 0 saturated carbocycles. The first-order chi connectivity index (χ1) is 8.86. The third-order valence-corrected chi connectivity index (χ3v) is 4.23. The Labute approximate surface area is 117 Å². The molecule has 1 N–H and O–H groups in total. The van der Waals surface area contributed by atoms with Gasteiger partial charge >= 0.3 is 0 Å². The zero-order valence-corrected chi connectivity index (χ0v) is 12.6. The average molecular weight is 265 g/mol. The lowest BCUT2D eigenvalue weighted by molar-refractivity contribution is 0.454. The van der Waals surface area contributed by atoms with Crippen molar-refractivity contribution >= 4 is 11.8 Å². The summed E-state index contributed by atoms with van der Waals surface area (Å²) in [5, 5.41) is 3.62. The van der Waals surface area contributed by atoms with Gasteiger partial charge in [0.05, 0.1) is 0 Å². The summed E-state index contributed by atoms with van der Waals surface area (Å²) in [5.74, 6) is 1.24. The quantitative estimate of drug-likeness (QED) is 0.485. The summed E-state index contributed by atoms with van der Waals surface area (Å²) in [4.78, 5) is 1.40. The van der Waals surface area contributed by atoms with Gasteiger partial charge < -0.3 is 5.32 Å². The maximum atomic E-state index is 3.62. The van der Waals surface area contributed by atoms with E-state index in [0.717, 1.165) is 12.6 Å². The van der Waals surface area contributed by atoms with Crippen molar-refractivity contribution in [3.05, 3.63) is 30.3 Å². The Balaban J connectivity index is 2.03. The van der Waals surface area contributed by atoms with Crippen molar-refractivity contribution in [1.29, 1.82) is 0 Å². The highest BCUT2D eigenvalue weighted by molar-refractivity contribution is 7.99. The molecule has 0 radical (unpaired) electrons. The normalized spacial score (nSPS) is 12.6. The molecule has 0 amide bonds. The van der Waals surface area contributed by atoms with E-state index in [0.29, 0.717) is 0 Å². The highest BCUT2D eigenvalue weighted by Gasteiger charge is 2.03. The first-order valence-electron chi connectivity index (χ1n) is 7.28. The Morgan fingerprint density at radius 2 is 1.89 bits per heavy atom. The predicted molar refractivity (Wildman–Crippen MR) is 83.4 cm³/mol. The van der Waals surface area contributed by atoms with Crippen LogP contribution in [0.3, 0.4) is 0 Å². The van der Waals surface area contributed by atoms with Crippen LogP contribution in [-0.4, -0.2) is 18.3 Å². The van der Waals surface area contributed by atoms with Crippen LogP contribution in [0.15, 0.2) is 35.2 Å². The van der Waals surface area contributed by atoms with Gasteiger partial charge in [0.25, 0.3) is 0 Å². The monoisotopic (exact) mass is 265 g/mol. The number of nitrogens with one attached hydrogen (secondary N) is 1. The minimum absolute atomic E-state index is 0.728. The van der Waals surface area contributed by atoms with Crippen molar-refractivity contribution in [2.45, 2.75) is 56.9 Å². The number of rotatable bonds is 10. The van der Waals surface area contributed by atoms with E-state index < -0.39 is 0 Å². The van der Waals surface area contributed by atoms with Gasteiger partial charge in [0, 0.05) is 10.9 Å². The molecule has 0 heterocycles. The van der Waals surface area contributed by atoms with Crippen LogP contribution in [0, 0.1) is 0 Å². The number of unbranched alkanes of at least 4 members (excludes halogenated alkanes) is 1. The Kier molecular flexibility index (Phi) is 9.05. The molecule has 0 aliphatic heterocycles. The summed E-state index contributed by atoms with van der Waals surface area (Å²) in [5.41, 5.74) is 0. The second-order valence-electron chi connectivity index (χ2n) is 4.72. The topological polar surface area (TPSA) is 12.0 Å². The van der Waals surface area contributed by atoms with Gasteiger partial charge in [0.1, 0.15) is 0 Å². The van der Waals surface area contributed by atoms with E-state index in [9.17, 15) is 0 Å². The van der Waals surface area contributed by atoms with Gasteiger partial charge in [0.15, 0.2) is 0 Å². The fourth-order valence-electron chi connectivity index (χ4n) is 2.00. The zero-order valence-electron chi connectivity index (χ0n) is 11.8. The molecule has 0 bridgehead atoms. The second kappa shape index (κ2) is 10.5. The highest BCUT2D eigenvalue weighted by atomic mass is 32.2. The Bertz CT molecular complexity index is 286. The van der Waals surface area contributed by atoms with Gasteiger partial charge in [-0.3, -0.25) is 0 Å². The molecule has 0 aromatic heterocycles. The highest BCUT2D eigenvalue weighted by Crippen LogP contribution is 2.19. The molecule has 0 aliphatic carbocycles. The molecule has 0 fully saturated rings. The number of thioether (sulfide) groups is 1. The molecule has 1 rings (SSSR count). The van der Waals surface area contributed by atoms with Crippen molar-refractivity contribution in [1.82, 2.24) is 5.32 Å². The summed E-state index contributed by atoms with van der Waals surface area (Å²) in [6.07, 6.45) is 6.48. The fraction of sp³-hybridized carbons (Fsp3) is 0.625. The molecule has 0 spiro atoms. The van der Waals surface area contributed by atoms with Crippen molar-refractivity contribution in [3.63, 3.8) is 0 Å². The van der Waals surface area contributed by atoms with Gasteiger partial charge in [-0.2, -0.15) is 0 Å². The Morgan fingerprint density at radius 3 is 2.56 bits per heavy atom. The van der Waals surface area contributed by atoms with E-state index in [1.54, 1.807) is 0 Å². The summed E-state index contributed by atoms with van der Waals surface area (Å²) in [6, 6.07) is 11.4. The zero-order chi connectivity index (χ0) is 13.1. The molecule has 0 saturated heterocycles. The molecular weight excluding hydrogens is 238 g/mol. The van der Waals surface area contributed by atoms with Crippen molar-refractivity contribution in [3.8, 4) is 0 Å². The van der Waals surface area contributed by atoms with Gasteiger partial charge in [-0.1, -0.05) is 38.5 Å². The Morgan fingerprint density at radius 1 is 1.11 bits per heavy atom. The lowest BCUT2D eigenvalue weighted by atomic mass is 10.1. The Hall–Kier alpha value is -0.470. The van der Waals surface area contributed by atoms with E-state index in [2.05, 4.69) is 49.5 Å². The fourth-order valence-corrected chi connectivity index (χ4v) is 2.93. The predicted octanol–water partition coefficient (Wildman–Crippen LogP) is 4.73.